The molecule has 0 bridgehead atoms. The zero-order valence-corrected chi connectivity index (χ0v) is 17.3. The molecule has 0 aliphatic rings. The molecule has 0 unspecified atom stereocenters. The lowest BCUT2D eigenvalue weighted by molar-refractivity contribution is 0.326. The first-order chi connectivity index (χ1) is 14.3. The van der Waals surface area contributed by atoms with Gasteiger partial charge in [0.25, 0.3) is 0 Å². The molecule has 0 fully saturated rings. The maximum Gasteiger partial charge on any atom is 0.214 e. The Morgan fingerprint density at radius 3 is 2.83 bits per heavy atom. The molecule has 3 rings (SSSR count). The van der Waals surface area contributed by atoms with Gasteiger partial charge in [-0.1, -0.05) is 48.7 Å². The highest BCUT2D eigenvalue weighted by atomic mass is 32.2. The molecule has 152 valence electrons. The van der Waals surface area contributed by atoms with E-state index in [9.17, 15) is 0 Å². The van der Waals surface area contributed by atoms with E-state index in [1.165, 1.54) is 0 Å². The minimum Gasteiger partial charge on any atom is -0.493 e. The number of hydrogen-bond acceptors (Lipinski definition) is 7. The lowest BCUT2D eigenvalue weighted by atomic mass is 10.2. The molecule has 0 aliphatic heterocycles. The fourth-order valence-corrected chi connectivity index (χ4v) is 3.51. The van der Waals surface area contributed by atoms with E-state index in [-0.39, 0.29) is 0 Å². The van der Waals surface area contributed by atoms with Crippen molar-refractivity contribution in [2.24, 2.45) is 0 Å². The van der Waals surface area contributed by atoms with Crippen molar-refractivity contribution in [2.75, 3.05) is 26.0 Å². The SMILES string of the molecule is C=CCOc1ccc(CNCCCSc2nnnn2-c2ccccc2)cc1OC. The zero-order chi connectivity index (χ0) is 20.3. The molecule has 0 saturated heterocycles. The van der Waals surface area contributed by atoms with Crippen LogP contribution in [0, 0.1) is 0 Å². The topological polar surface area (TPSA) is 74.1 Å². The molecule has 1 aromatic heterocycles. The Bertz CT molecular complexity index is 901. The van der Waals surface area contributed by atoms with Gasteiger partial charge >= 0.3 is 0 Å². The number of benzene rings is 2. The molecule has 7 nitrogen and oxygen atoms in total. The van der Waals surface area contributed by atoms with Crippen LogP contribution in [0.1, 0.15) is 12.0 Å². The van der Waals surface area contributed by atoms with Crippen LogP contribution in [0.25, 0.3) is 5.69 Å². The normalized spacial score (nSPS) is 10.7. The molecule has 8 heteroatoms. The second-order valence-electron chi connectivity index (χ2n) is 6.17. The van der Waals surface area contributed by atoms with Crippen LogP contribution in [0.2, 0.25) is 0 Å². The summed E-state index contributed by atoms with van der Waals surface area (Å²) in [6.45, 7) is 5.79. The Balaban J connectivity index is 1.41. The van der Waals surface area contributed by atoms with Crippen molar-refractivity contribution in [2.45, 2.75) is 18.1 Å². The van der Waals surface area contributed by atoms with Crippen LogP contribution < -0.4 is 14.8 Å². The summed E-state index contributed by atoms with van der Waals surface area (Å²) in [5, 5.41) is 16.2. The van der Waals surface area contributed by atoms with Crippen molar-refractivity contribution in [3.05, 3.63) is 66.7 Å². The quantitative estimate of drug-likeness (QED) is 0.278. The first kappa shape index (κ1) is 20.9. The van der Waals surface area contributed by atoms with Gasteiger partial charge in [0.1, 0.15) is 6.61 Å². The number of ether oxygens (including phenoxy) is 2. The molecule has 29 heavy (non-hydrogen) atoms. The molecule has 1 heterocycles. The smallest absolute Gasteiger partial charge is 0.214 e. The van der Waals surface area contributed by atoms with Gasteiger partial charge in [-0.3, -0.25) is 0 Å². The summed E-state index contributed by atoms with van der Waals surface area (Å²) in [5.41, 5.74) is 2.11. The van der Waals surface area contributed by atoms with Crippen LogP contribution in [0.5, 0.6) is 11.5 Å². The number of rotatable bonds is 12. The average molecular weight is 412 g/mol. The molecule has 0 saturated carbocycles. The van der Waals surface area contributed by atoms with Gasteiger partial charge in [0, 0.05) is 12.3 Å². The Morgan fingerprint density at radius 2 is 2.03 bits per heavy atom. The van der Waals surface area contributed by atoms with Gasteiger partial charge in [-0.25, -0.2) is 0 Å². The van der Waals surface area contributed by atoms with Gasteiger partial charge in [-0.05, 0) is 53.2 Å². The molecule has 0 amide bonds. The third kappa shape index (κ3) is 6.07. The Labute approximate surface area is 175 Å². The maximum atomic E-state index is 5.58. The summed E-state index contributed by atoms with van der Waals surface area (Å²) in [6.07, 6.45) is 2.72. The molecule has 0 spiro atoms. The predicted molar refractivity (Wildman–Crippen MR) is 115 cm³/mol. The fraction of sp³-hybridized carbons (Fsp3) is 0.286. The van der Waals surface area contributed by atoms with E-state index in [2.05, 4.69) is 27.4 Å². The second-order valence-corrected chi connectivity index (χ2v) is 7.23. The van der Waals surface area contributed by atoms with Crippen molar-refractivity contribution in [1.29, 1.82) is 0 Å². The van der Waals surface area contributed by atoms with E-state index in [4.69, 9.17) is 9.47 Å². The number of methoxy groups -OCH3 is 1. The summed E-state index contributed by atoms with van der Waals surface area (Å²) in [7, 11) is 1.65. The van der Waals surface area contributed by atoms with E-state index in [1.54, 1.807) is 29.6 Å². The molecular formula is C21H25N5O2S. The second kappa shape index (κ2) is 11.2. The largest absolute Gasteiger partial charge is 0.493 e. The molecule has 1 N–H and O–H groups in total. The molecule has 0 radical (unpaired) electrons. The van der Waals surface area contributed by atoms with Gasteiger partial charge in [0.2, 0.25) is 5.16 Å². The maximum absolute atomic E-state index is 5.58. The van der Waals surface area contributed by atoms with E-state index in [0.717, 1.165) is 53.2 Å². The van der Waals surface area contributed by atoms with Crippen molar-refractivity contribution < 1.29 is 9.47 Å². The summed E-state index contributed by atoms with van der Waals surface area (Å²) in [5.74, 6) is 2.39. The molecule has 2 aromatic carbocycles. The molecule has 0 aliphatic carbocycles. The van der Waals surface area contributed by atoms with Gasteiger partial charge in [0.05, 0.1) is 12.8 Å². The molecule has 0 atom stereocenters. The van der Waals surface area contributed by atoms with Gasteiger partial charge in [0.15, 0.2) is 11.5 Å². The number of hydrogen-bond donors (Lipinski definition) is 1. The van der Waals surface area contributed by atoms with E-state index in [0.29, 0.717) is 6.61 Å². The Hall–Kier alpha value is -2.84. The minimum absolute atomic E-state index is 0.458. The van der Waals surface area contributed by atoms with Crippen molar-refractivity contribution in [3.63, 3.8) is 0 Å². The first-order valence-corrected chi connectivity index (χ1v) is 10.4. The standard InChI is InChI=1S/C21H25N5O2S/c1-3-13-28-19-11-10-17(15-20(19)27-2)16-22-12-7-14-29-21-23-24-25-26(21)18-8-5-4-6-9-18/h3-6,8-11,15,22H,1,7,12-14,16H2,2H3. The number of para-hydroxylation sites is 1. The van der Waals surface area contributed by atoms with Crippen LogP contribution in [-0.4, -0.2) is 46.2 Å². The highest BCUT2D eigenvalue weighted by molar-refractivity contribution is 7.99. The first-order valence-electron chi connectivity index (χ1n) is 9.39. The van der Waals surface area contributed by atoms with Crippen molar-refractivity contribution in [3.8, 4) is 17.2 Å². The van der Waals surface area contributed by atoms with E-state index in [1.807, 2.05) is 48.5 Å². The lowest BCUT2D eigenvalue weighted by Gasteiger charge is -2.11. The third-order valence-electron chi connectivity index (χ3n) is 4.08. The number of tetrazole rings is 1. The van der Waals surface area contributed by atoms with E-state index >= 15 is 0 Å². The zero-order valence-electron chi connectivity index (χ0n) is 16.5. The van der Waals surface area contributed by atoms with Crippen LogP contribution >= 0.6 is 11.8 Å². The van der Waals surface area contributed by atoms with Crippen LogP contribution in [0.4, 0.5) is 0 Å². The van der Waals surface area contributed by atoms with E-state index < -0.39 is 0 Å². The number of thioether (sulfide) groups is 1. The monoisotopic (exact) mass is 411 g/mol. The number of nitrogens with zero attached hydrogens (tertiary/aromatic N) is 4. The number of nitrogens with one attached hydrogen (secondary N) is 1. The average Bonchev–Trinajstić information content (AvgIpc) is 3.24. The summed E-state index contributed by atoms with van der Waals surface area (Å²) >= 11 is 1.65. The predicted octanol–water partition coefficient (Wildman–Crippen LogP) is 3.51. The van der Waals surface area contributed by atoms with Crippen molar-refractivity contribution in [1.82, 2.24) is 25.5 Å². The third-order valence-corrected chi connectivity index (χ3v) is 5.09. The minimum atomic E-state index is 0.458. The highest BCUT2D eigenvalue weighted by Gasteiger charge is 2.08. The Kier molecular flexibility index (Phi) is 8.09. The summed E-state index contributed by atoms with van der Waals surface area (Å²) in [4.78, 5) is 0. The molecular weight excluding hydrogens is 386 g/mol. The van der Waals surface area contributed by atoms with Crippen molar-refractivity contribution >= 4 is 11.8 Å². The van der Waals surface area contributed by atoms with Gasteiger partial charge in [-0.2, -0.15) is 4.68 Å². The summed E-state index contributed by atoms with van der Waals surface area (Å²) < 4.78 is 12.8. The lowest BCUT2D eigenvalue weighted by Crippen LogP contribution is -2.15. The highest BCUT2D eigenvalue weighted by Crippen LogP contribution is 2.28. The van der Waals surface area contributed by atoms with Crippen LogP contribution in [0.3, 0.4) is 0 Å². The van der Waals surface area contributed by atoms with Gasteiger partial charge in [-0.15, -0.1) is 5.10 Å². The summed E-state index contributed by atoms with van der Waals surface area (Å²) in [6, 6.07) is 15.9. The number of aromatic nitrogens is 4. The van der Waals surface area contributed by atoms with Crippen LogP contribution in [-0.2, 0) is 6.54 Å². The van der Waals surface area contributed by atoms with Gasteiger partial charge < -0.3 is 14.8 Å². The molecule has 3 aromatic rings. The Morgan fingerprint density at radius 1 is 1.17 bits per heavy atom. The van der Waals surface area contributed by atoms with Crippen LogP contribution in [0.15, 0.2) is 66.3 Å². The fourth-order valence-electron chi connectivity index (χ4n) is 2.68.